The highest BCUT2D eigenvalue weighted by Crippen LogP contribution is 2.31. The number of nitrogens with zero attached hydrogens (tertiary/aromatic N) is 1. The maximum Gasteiger partial charge on any atom is 0.0438 e. The highest BCUT2D eigenvalue weighted by molar-refractivity contribution is 9.10. The van der Waals surface area contributed by atoms with Gasteiger partial charge in [-0.05, 0) is 42.0 Å². The van der Waals surface area contributed by atoms with Gasteiger partial charge in [-0.25, -0.2) is 0 Å². The van der Waals surface area contributed by atoms with Crippen molar-refractivity contribution in [3.8, 4) is 0 Å². The summed E-state index contributed by atoms with van der Waals surface area (Å²) >= 11 is 3.65. The Bertz CT molecular complexity index is 470. The smallest absolute Gasteiger partial charge is 0.0438 e. The Balaban J connectivity index is 2.33. The number of anilines is 1. The first-order valence-corrected chi connectivity index (χ1v) is 8.75. The predicted octanol–water partition coefficient (Wildman–Crippen LogP) is 4.61. The van der Waals surface area contributed by atoms with E-state index in [1.165, 1.54) is 15.7 Å². The minimum absolute atomic E-state index is 0.279. The summed E-state index contributed by atoms with van der Waals surface area (Å²) in [6, 6.07) is 7.82. The van der Waals surface area contributed by atoms with E-state index in [2.05, 4.69) is 85.9 Å². The summed E-state index contributed by atoms with van der Waals surface area (Å²) in [7, 11) is 0. The van der Waals surface area contributed by atoms with E-state index in [0.29, 0.717) is 18.0 Å². The fraction of sp³-hybridized carbons (Fsp3) is 0.667. The first-order chi connectivity index (χ1) is 9.68. The number of nitrogens with one attached hydrogen (secondary N) is 1. The number of rotatable bonds is 2. The van der Waals surface area contributed by atoms with Crippen LogP contribution in [0.1, 0.15) is 40.2 Å². The molecule has 3 heteroatoms. The zero-order valence-corrected chi connectivity index (χ0v) is 15.8. The Hall–Kier alpha value is -0.540. The van der Waals surface area contributed by atoms with Crippen molar-refractivity contribution in [1.29, 1.82) is 0 Å². The molecule has 1 aliphatic rings. The van der Waals surface area contributed by atoms with Crippen molar-refractivity contribution in [2.75, 3.05) is 18.0 Å². The predicted molar refractivity (Wildman–Crippen MR) is 96.1 cm³/mol. The van der Waals surface area contributed by atoms with Crippen molar-refractivity contribution in [3.63, 3.8) is 0 Å². The lowest BCUT2D eigenvalue weighted by atomic mass is 9.83. The van der Waals surface area contributed by atoms with E-state index < -0.39 is 0 Å². The van der Waals surface area contributed by atoms with Gasteiger partial charge in [-0.1, -0.05) is 50.5 Å². The average Bonchev–Trinajstić information content (AvgIpc) is 2.35. The van der Waals surface area contributed by atoms with E-state index in [9.17, 15) is 0 Å². The molecule has 2 atom stereocenters. The first-order valence-electron chi connectivity index (χ1n) is 7.95. The molecular formula is C18H29BrN2. The van der Waals surface area contributed by atoms with Gasteiger partial charge in [0.1, 0.15) is 0 Å². The third-order valence-corrected chi connectivity index (χ3v) is 4.98. The first kappa shape index (κ1) is 16.8. The highest BCUT2D eigenvalue weighted by atomic mass is 79.9. The van der Waals surface area contributed by atoms with E-state index in [4.69, 9.17) is 0 Å². The summed E-state index contributed by atoms with van der Waals surface area (Å²) in [4.78, 5) is 2.61. The molecule has 21 heavy (non-hydrogen) atoms. The zero-order valence-electron chi connectivity index (χ0n) is 14.2. The van der Waals surface area contributed by atoms with Crippen LogP contribution in [0.15, 0.2) is 22.7 Å². The molecular weight excluding hydrogens is 324 g/mol. The van der Waals surface area contributed by atoms with Gasteiger partial charge in [0, 0.05) is 35.3 Å². The molecule has 2 rings (SSSR count). The van der Waals surface area contributed by atoms with Crippen LogP contribution in [0, 0.1) is 18.3 Å². The Labute approximate surface area is 138 Å². The second-order valence-corrected chi connectivity index (χ2v) is 8.69. The molecule has 0 bridgehead atoms. The molecule has 0 saturated carbocycles. The molecule has 1 saturated heterocycles. The van der Waals surface area contributed by atoms with Crippen LogP contribution in [0.25, 0.3) is 0 Å². The SMILES string of the molecule is Cc1cc(Br)cc(N2CC(C(C)(C)C)NCC2C(C)C)c1. The summed E-state index contributed by atoms with van der Waals surface area (Å²) in [6.45, 7) is 15.9. The summed E-state index contributed by atoms with van der Waals surface area (Å²) in [5.41, 5.74) is 2.94. The topological polar surface area (TPSA) is 15.3 Å². The van der Waals surface area contributed by atoms with Crippen LogP contribution in [-0.2, 0) is 0 Å². The van der Waals surface area contributed by atoms with E-state index in [-0.39, 0.29) is 5.41 Å². The van der Waals surface area contributed by atoms with E-state index in [0.717, 1.165) is 13.1 Å². The van der Waals surface area contributed by atoms with Gasteiger partial charge in [-0.15, -0.1) is 0 Å². The Kier molecular flexibility index (Phi) is 5.04. The molecule has 1 aliphatic heterocycles. The minimum atomic E-state index is 0.279. The molecule has 1 aromatic carbocycles. The van der Waals surface area contributed by atoms with E-state index in [1.54, 1.807) is 0 Å². The number of piperazine rings is 1. The average molecular weight is 353 g/mol. The second-order valence-electron chi connectivity index (χ2n) is 7.78. The molecule has 0 aliphatic carbocycles. The minimum Gasteiger partial charge on any atom is -0.365 e. The molecule has 1 heterocycles. The van der Waals surface area contributed by atoms with Crippen LogP contribution in [0.3, 0.4) is 0 Å². The van der Waals surface area contributed by atoms with Gasteiger partial charge in [-0.2, -0.15) is 0 Å². The van der Waals surface area contributed by atoms with Gasteiger partial charge < -0.3 is 10.2 Å². The molecule has 1 aromatic rings. The third-order valence-electron chi connectivity index (χ3n) is 4.53. The standard InChI is InChI=1S/C18H29BrN2/c1-12(2)16-10-20-17(18(4,5)6)11-21(16)15-8-13(3)7-14(19)9-15/h7-9,12,16-17,20H,10-11H2,1-6H3. The molecule has 0 radical (unpaired) electrons. The molecule has 1 N–H and O–H groups in total. The van der Waals surface area contributed by atoms with Crippen LogP contribution in [0.2, 0.25) is 0 Å². The zero-order chi connectivity index (χ0) is 15.8. The van der Waals surface area contributed by atoms with E-state index >= 15 is 0 Å². The highest BCUT2D eigenvalue weighted by Gasteiger charge is 2.35. The van der Waals surface area contributed by atoms with Crippen molar-refractivity contribution in [3.05, 3.63) is 28.2 Å². The molecule has 118 valence electrons. The normalized spacial score (nSPS) is 23.7. The van der Waals surface area contributed by atoms with Crippen molar-refractivity contribution in [2.45, 2.75) is 53.6 Å². The van der Waals surface area contributed by atoms with Crippen LogP contribution in [-0.4, -0.2) is 25.2 Å². The lowest BCUT2D eigenvalue weighted by Gasteiger charge is -2.47. The number of benzene rings is 1. The largest absolute Gasteiger partial charge is 0.365 e. The van der Waals surface area contributed by atoms with Crippen molar-refractivity contribution in [1.82, 2.24) is 5.32 Å². The fourth-order valence-corrected chi connectivity index (χ4v) is 3.72. The van der Waals surface area contributed by atoms with Gasteiger partial charge in [0.25, 0.3) is 0 Å². The maximum absolute atomic E-state index is 3.77. The Morgan fingerprint density at radius 1 is 1.24 bits per heavy atom. The van der Waals surface area contributed by atoms with Crippen LogP contribution < -0.4 is 10.2 Å². The van der Waals surface area contributed by atoms with E-state index in [1.807, 2.05) is 0 Å². The van der Waals surface area contributed by atoms with Crippen molar-refractivity contribution >= 4 is 21.6 Å². The summed E-state index contributed by atoms with van der Waals surface area (Å²) in [5, 5.41) is 3.77. The van der Waals surface area contributed by atoms with Crippen LogP contribution >= 0.6 is 15.9 Å². The third kappa shape index (κ3) is 4.01. The van der Waals surface area contributed by atoms with Crippen molar-refractivity contribution < 1.29 is 0 Å². The van der Waals surface area contributed by atoms with Crippen LogP contribution in [0.4, 0.5) is 5.69 Å². The Morgan fingerprint density at radius 3 is 2.43 bits per heavy atom. The Morgan fingerprint density at radius 2 is 1.90 bits per heavy atom. The van der Waals surface area contributed by atoms with Crippen LogP contribution in [0.5, 0.6) is 0 Å². The quantitative estimate of drug-likeness (QED) is 0.836. The number of halogens is 1. The molecule has 0 spiro atoms. The molecule has 2 unspecified atom stereocenters. The lowest BCUT2D eigenvalue weighted by Crippen LogP contribution is -2.62. The second kappa shape index (κ2) is 6.29. The summed E-state index contributed by atoms with van der Waals surface area (Å²) in [6.07, 6.45) is 0. The summed E-state index contributed by atoms with van der Waals surface area (Å²) in [5.74, 6) is 0.637. The summed E-state index contributed by atoms with van der Waals surface area (Å²) < 4.78 is 1.17. The lowest BCUT2D eigenvalue weighted by molar-refractivity contribution is 0.221. The molecule has 0 amide bonds. The molecule has 2 nitrogen and oxygen atoms in total. The number of hydrogen-bond acceptors (Lipinski definition) is 2. The number of hydrogen-bond donors (Lipinski definition) is 1. The van der Waals surface area contributed by atoms with Gasteiger partial charge in [0.05, 0.1) is 0 Å². The number of aryl methyl sites for hydroxylation is 1. The van der Waals surface area contributed by atoms with Gasteiger partial charge >= 0.3 is 0 Å². The van der Waals surface area contributed by atoms with Crippen molar-refractivity contribution in [2.24, 2.45) is 11.3 Å². The monoisotopic (exact) mass is 352 g/mol. The van der Waals surface area contributed by atoms with Gasteiger partial charge in [0.15, 0.2) is 0 Å². The molecule has 0 aromatic heterocycles. The molecule has 1 fully saturated rings. The van der Waals surface area contributed by atoms with Gasteiger partial charge in [-0.3, -0.25) is 0 Å². The fourth-order valence-electron chi connectivity index (χ4n) is 3.13. The van der Waals surface area contributed by atoms with Gasteiger partial charge in [0.2, 0.25) is 0 Å². The maximum atomic E-state index is 3.77.